The number of aliphatic hydroxyl groups excluding tert-OH is 1. The van der Waals surface area contributed by atoms with E-state index in [-0.39, 0.29) is 13.2 Å². The quantitative estimate of drug-likeness (QED) is 0.443. The highest BCUT2D eigenvalue weighted by Gasteiger charge is 1.98. The molecular formula is C4H7N3O3. The molecule has 0 saturated heterocycles. The fraction of sp³-hybridized carbons (Fsp3) is 0.500. The Kier molecular flexibility index (Phi) is 1.72. The summed E-state index contributed by atoms with van der Waals surface area (Å²) in [5, 5.41) is 12.5. The van der Waals surface area contributed by atoms with Crippen LogP contribution < -0.4 is 11.4 Å². The number of nitrogens with zero attached hydrogens (tertiary/aromatic N) is 1. The Morgan fingerprint density at radius 1 is 1.30 bits per heavy atom. The lowest BCUT2D eigenvalue weighted by Crippen LogP contribution is -2.27. The van der Waals surface area contributed by atoms with Crippen molar-refractivity contribution < 1.29 is 5.11 Å². The van der Waals surface area contributed by atoms with Crippen LogP contribution in [-0.2, 0) is 6.54 Å². The fourth-order valence-corrected chi connectivity index (χ4v) is 0.637. The minimum Gasteiger partial charge on any atom is -0.395 e. The second kappa shape index (κ2) is 2.53. The maximum Gasteiger partial charge on any atom is 0.344 e. The zero-order chi connectivity index (χ0) is 7.56. The van der Waals surface area contributed by atoms with E-state index in [4.69, 9.17) is 5.11 Å². The SMILES string of the molecule is O=c1[nH][nH]c(=O)n1CCO. The standard InChI is InChI=1S/C4H7N3O3/c8-2-1-7-3(9)5-6-4(7)10/h8H,1-2H2,(H,5,9)(H,6,10). The summed E-state index contributed by atoms with van der Waals surface area (Å²) in [4.78, 5) is 21.2. The van der Waals surface area contributed by atoms with Crippen LogP contribution in [0.1, 0.15) is 0 Å². The summed E-state index contributed by atoms with van der Waals surface area (Å²) in [5.41, 5.74) is -1.06. The van der Waals surface area contributed by atoms with Crippen molar-refractivity contribution in [2.45, 2.75) is 6.54 Å². The molecule has 0 aliphatic rings. The Morgan fingerprint density at radius 3 is 2.20 bits per heavy atom. The van der Waals surface area contributed by atoms with E-state index in [9.17, 15) is 9.59 Å². The van der Waals surface area contributed by atoms with Crippen molar-refractivity contribution >= 4 is 0 Å². The first-order valence-corrected chi connectivity index (χ1v) is 2.74. The van der Waals surface area contributed by atoms with Crippen LogP contribution in [0.4, 0.5) is 0 Å². The van der Waals surface area contributed by atoms with Gasteiger partial charge in [0.05, 0.1) is 13.2 Å². The highest BCUT2D eigenvalue weighted by atomic mass is 16.3. The number of hydrogen-bond acceptors (Lipinski definition) is 3. The number of aromatic amines is 2. The minimum atomic E-state index is -0.529. The molecule has 1 aromatic rings. The molecule has 6 heteroatoms. The molecule has 0 fully saturated rings. The average molecular weight is 145 g/mol. The molecule has 0 saturated carbocycles. The topological polar surface area (TPSA) is 90.9 Å². The first-order valence-electron chi connectivity index (χ1n) is 2.74. The second-order valence-corrected chi connectivity index (χ2v) is 1.74. The first-order chi connectivity index (χ1) is 4.75. The van der Waals surface area contributed by atoms with Gasteiger partial charge in [-0.15, -0.1) is 0 Å². The predicted octanol–water partition coefficient (Wildman–Crippen LogP) is -2.14. The Morgan fingerprint density at radius 2 is 1.80 bits per heavy atom. The van der Waals surface area contributed by atoms with Crippen molar-refractivity contribution in [1.29, 1.82) is 0 Å². The van der Waals surface area contributed by atoms with Crippen LogP contribution in [0.5, 0.6) is 0 Å². The van der Waals surface area contributed by atoms with Gasteiger partial charge in [-0.25, -0.2) is 24.4 Å². The van der Waals surface area contributed by atoms with Crippen molar-refractivity contribution in [3.63, 3.8) is 0 Å². The third kappa shape index (κ3) is 1.01. The molecule has 0 spiro atoms. The summed E-state index contributed by atoms with van der Waals surface area (Å²) in [6.07, 6.45) is 0. The van der Waals surface area contributed by atoms with Gasteiger partial charge in [-0.2, -0.15) is 0 Å². The summed E-state index contributed by atoms with van der Waals surface area (Å²) in [6, 6.07) is 0. The van der Waals surface area contributed by atoms with Crippen molar-refractivity contribution in [2.75, 3.05) is 6.61 Å². The number of H-pyrrole nitrogens is 2. The molecule has 0 amide bonds. The lowest BCUT2D eigenvalue weighted by atomic mass is 10.7. The molecule has 6 nitrogen and oxygen atoms in total. The molecule has 0 unspecified atom stereocenters. The summed E-state index contributed by atoms with van der Waals surface area (Å²) in [7, 11) is 0. The van der Waals surface area contributed by atoms with Gasteiger partial charge in [0.2, 0.25) is 0 Å². The predicted molar refractivity (Wildman–Crippen MR) is 32.8 cm³/mol. The van der Waals surface area contributed by atoms with Crippen molar-refractivity contribution in [1.82, 2.24) is 14.8 Å². The maximum atomic E-state index is 10.6. The second-order valence-electron chi connectivity index (χ2n) is 1.74. The van der Waals surface area contributed by atoms with Gasteiger partial charge in [-0.05, 0) is 0 Å². The molecule has 56 valence electrons. The molecule has 10 heavy (non-hydrogen) atoms. The Bertz CT molecular complexity index is 279. The molecule has 0 aromatic carbocycles. The summed E-state index contributed by atoms with van der Waals surface area (Å²) in [6.45, 7) is -0.196. The molecule has 0 aliphatic carbocycles. The zero-order valence-corrected chi connectivity index (χ0v) is 5.13. The molecule has 1 aromatic heterocycles. The normalized spacial score (nSPS) is 10.1. The molecule has 1 rings (SSSR count). The van der Waals surface area contributed by atoms with E-state index < -0.39 is 11.4 Å². The highest BCUT2D eigenvalue weighted by Crippen LogP contribution is 1.64. The molecule has 3 N–H and O–H groups in total. The van der Waals surface area contributed by atoms with E-state index in [0.717, 1.165) is 4.57 Å². The van der Waals surface area contributed by atoms with Crippen molar-refractivity contribution in [2.24, 2.45) is 0 Å². The summed E-state index contributed by atoms with van der Waals surface area (Å²) < 4.78 is 0.875. The van der Waals surface area contributed by atoms with Crippen LogP contribution in [0.2, 0.25) is 0 Å². The number of rotatable bonds is 2. The molecule has 1 heterocycles. The van der Waals surface area contributed by atoms with E-state index in [1.165, 1.54) is 0 Å². The number of aliphatic hydroxyl groups is 1. The third-order valence-electron chi connectivity index (χ3n) is 1.09. The number of hydrogen-bond donors (Lipinski definition) is 3. The van der Waals surface area contributed by atoms with Gasteiger partial charge in [-0.3, -0.25) is 0 Å². The van der Waals surface area contributed by atoms with E-state index >= 15 is 0 Å². The van der Waals surface area contributed by atoms with Crippen LogP contribution in [0, 0.1) is 0 Å². The molecule has 0 radical (unpaired) electrons. The van der Waals surface area contributed by atoms with Gasteiger partial charge >= 0.3 is 11.4 Å². The van der Waals surface area contributed by atoms with E-state index in [0.29, 0.717) is 0 Å². The van der Waals surface area contributed by atoms with Crippen LogP contribution in [0.3, 0.4) is 0 Å². The average Bonchev–Trinajstić information content (AvgIpc) is 2.20. The van der Waals surface area contributed by atoms with Crippen molar-refractivity contribution in [3.8, 4) is 0 Å². The Labute approximate surface area is 55.1 Å². The largest absolute Gasteiger partial charge is 0.395 e. The molecule has 0 atom stereocenters. The Hall–Kier alpha value is -1.30. The molecular weight excluding hydrogens is 138 g/mol. The van der Waals surface area contributed by atoms with Gasteiger partial charge < -0.3 is 5.11 Å². The summed E-state index contributed by atoms with van der Waals surface area (Å²) in [5.74, 6) is 0. The maximum absolute atomic E-state index is 10.6. The number of nitrogens with one attached hydrogen (secondary N) is 2. The number of aromatic nitrogens is 3. The van der Waals surface area contributed by atoms with Crippen LogP contribution in [-0.4, -0.2) is 26.5 Å². The zero-order valence-electron chi connectivity index (χ0n) is 5.13. The Balaban J connectivity index is 3.11. The molecule has 0 bridgehead atoms. The van der Waals surface area contributed by atoms with E-state index in [1.54, 1.807) is 0 Å². The van der Waals surface area contributed by atoms with Crippen molar-refractivity contribution in [3.05, 3.63) is 21.0 Å². The summed E-state index contributed by atoms with van der Waals surface area (Å²) >= 11 is 0. The van der Waals surface area contributed by atoms with Crippen LogP contribution in [0.25, 0.3) is 0 Å². The highest BCUT2D eigenvalue weighted by molar-refractivity contribution is 4.64. The van der Waals surface area contributed by atoms with Gasteiger partial charge in [0, 0.05) is 0 Å². The monoisotopic (exact) mass is 145 g/mol. The fourth-order valence-electron chi connectivity index (χ4n) is 0.637. The van der Waals surface area contributed by atoms with Crippen LogP contribution >= 0.6 is 0 Å². The van der Waals surface area contributed by atoms with E-state index in [1.807, 2.05) is 0 Å². The van der Waals surface area contributed by atoms with Gasteiger partial charge in [0.1, 0.15) is 0 Å². The smallest absolute Gasteiger partial charge is 0.344 e. The third-order valence-corrected chi connectivity index (χ3v) is 1.09. The van der Waals surface area contributed by atoms with Crippen LogP contribution in [0.15, 0.2) is 9.59 Å². The van der Waals surface area contributed by atoms with E-state index in [2.05, 4.69) is 10.2 Å². The van der Waals surface area contributed by atoms with Gasteiger partial charge in [0.25, 0.3) is 0 Å². The minimum absolute atomic E-state index is 0.0255. The van der Waals surface area contributed by atoms with Gasteiger partial charge in [-0.1, -0.05) is 0 Å². The van der Waals surface area contributed by atoms with Gasteiger partial charge in [0.15, 0.2) is 0 Å². The first kappa shape index (κ1) is 6.81. The lowest BCUT2D eigenvalue weighted by Gasteiger charge is -1.89. The lowest BCUT2D eigenvalue weighted by molar-refractivity contribution is 0.272. The molecule has 0 aliphatic heterocycles.